The number of thiocarbonyl (C=S) groups is 1. The molecule has 1 fully saturated rings. The second-order valence-electron chi connectivity index (χ2n) is 7.05. The predicted octanol–water partition coefficient (Wildman–Crippen LogP) is 4.45. The second kappa shape index (κ2) is 8.53. The fraction of sp³-hybridized carbons (Fsp3) is 0.273. The van der Waals surface area contributed by atoms with Gasteiger partial charge in [-0.1, -0.05) is 17.7 Å². The van der Waals surface area contributed by atoms with Crippen molar-refractivity contribution in [2.45, 2.75) is 19.0 Å². The molecule has 0 saturated carbocycles. The first-order valence-electron chi connectivity index (χ1n) is 9.51. The van der Waals surface area contributed by atoms with Gasteiger partial charge in [0.1, 0.15) is 0 Å². The number of hydrogen-bond donors (Lipinski definition) is 1. The van der Waals surface area contributed by atoms with Crippen LogP contribution in [0.5, 0.6) is 0 Å². The number of aryl methyl sites for hydroxylation is 1. The quantitative estimate of drug-likeness (QED) is 0.590. The minimum absolute atomic E-state index is 0.0152. The molecule has 3 heterocycles. The summed E-state index contributed by atoms with van der Waals surface area (Å²) < 4.78 is 7.53. The molecule has 150 valence electrons. The maximum Gasteiger partial charge on any atom is 0.170 e. The number of ether oxygens (including phenoxy) is 1. The van der Waals surface area contributed by atoms with Gasteiger partial charge in [-0.15, -0.1) is 0 Å². The van der Waals surface area contributed by atoms with Crippen molar-refractivity contribution in [3.8, 4) is 5.69 Å². The molecular formula is C22H23ClN4OS. The van der Waals surface area contributed by atoms with Crippen LogP contribution in [0.1, 0.15) is 29.0 Å². The topological polar surface area (TPSA) is 42.3 Å². The van der Waals surface area contributed by atoms with E-state index in [4.69, 9.17) is 28.6 Å². The van der Waals surface area contributed by atoms with Gasteiger partial charge in [0.05, 0.1) is 24.4 Å². The van der Waals surface area contributed by atoms with Crippen LogP contribution in [-0.4, -0.2) is 39.8 Å². The smallest absolute Gasteiger partial charge is 0.170 e. The summed E-state index contributed by atoms with van der Waals surface area (Å²) in [5.41, 5.74) is 4.20. The van der Waals surface area contributed by atoms with E-state index in [-0.39, 0.29) is 12.1 Å². The number of rotatable bonds is 6. The molecular weight excluding hydrogens is 404 g/mol. The van der Waals surface area contributed by atoms with Crippen LogP contribution in [0.3, 0.4) is 0 Å². The summed E-state index contributed by atoms with van der Waals surface area (Å²) in [4.78, 5) is 6.78. The molecule has 7 heteroatoms. The summed E-state index contributed by atoms with van der Waals surface area (Å²) in [5.74, 6) is 0. The van der Waals surface area contributed by atoms with Gasteiger partial charge in [-0.25, -0.2) is 0 Å². The van der Waals surface area contributed by atoms with E-state index in [1.54, 1.807) is 7.11 Å². The van der Waals surface area contributed by atoms with Crippen LogP contribution < -0.4 is 5.32 Å². The minimum Gasteiger partial charge on any atom is -0.383 e. The van der Waals surface area contributed by atoms with Crippen molar-refractivity contribution >= 4 is 28.9 Å². The third kappa shape index (κ3) is 3.88. The number of aromatic nitrogens is 2. The monoisotopic (exact) mass is 426 g/mol. The Labute approximate surface area is 181 Å². The van der Waals surface area contributed by atoms with Gasteiger partial charge in [-0.3, -0.25) is 4.98 Å². The molecule has 0 bridgehead atoms. The van der Waals surface area contributed by atoms with Gasteiger partial charge in [0.15, 0.2) is 5.11 Å². The Morgan fingerprint density at radius 3 is 2.79 bits per heavy atom. The molecule has 0 aliphatic carbocycles. The van der Waals surface area contributed by atoms with E-state index in [0.717, 1.165) is 27.7 Å². The Balaban J connectivity index is 1.79. The normalized spacial score (nSPS) is 18.9. The number of nitrogens with one attached hydrogen (secondary N) is 1. The Hall–Kier alpha value is -2.41. The lowest BCUT2D eigenvalue weighted by atomic mass is 10.0. The van der Waals surface area contributed by atoms with Crippen molar-refractivity contribution < 1.29 is 4.74 Å². The molecule has 0 radical (unpaired) electrons. The molecule has 2 atom stereocenters. The fourth-order valence-corrected chi connectivity index (χ4v) is 4.26. The number of halogens is 1. The molecule has 5 nitrogen and oxygen atoms in total. The zero-order chi connectivity index (χ0) is 20.4. The molecule has 1 aliphatic rings. The minimum atomic E-state index is -0.0531. The third-order valence-corrected chi connectivity index (χ3v) is 6.01. The molecule has 0 unspecified atom stereocenters. The van der Waals surface area contributed by atoms with E-state index in [1.807, 2.05) is 43.5 Å². The lowest BCUT2D eigenvalue weighted by Crippen LogP contribution is -2.33. The lowest BCUT2D eigenvalue weighted by Gasteiger charge is -2.28. The van der Waals surface area contributed by atoms with Gasteiger partial charge >= 0.3 is 0 Å². The summed E-state index contributed by atoms with van der Waals surface area (Å²) in [5, 5.41) is 4.95. The molecule has 2 aromatic heterocycles. The standard InChI is InChI=1S/C22H23ClN4OS/c1-15-14-16(8-9-17(15)23)26-11-5-7-19(26)21-20(18-6-3-4-10-24-18)25-22(29)27(21)12-13-28-2/h3-11,14,20-21H,12-13H2,1-2H3,(H,25,29)/t20-,21-/m0/s1. The van der Waals surface area contributed by atoms with Crippen molar-refractivity contribution in [2.75, 3.05) is 20.3 Å². The van der Waals surface area contributed by atoms with Gasteiger partial charge in [0.2, 0.25) is 0 Å². The van der Waals surface area contributed by atoms with Gasteiger partial charge in [0, 0.05) is 42.5 Å². The highest BCUT2D eigenvalue weighted by atomic mass is 35.5. The average molecular weight is 427 g/mol. The van der Waals surface area contributed by atoms with E-state index in [9.17, 15) is 0 Å². The van der Waals surface area contributed by atoms with Crippen molar-refractivity contribution in [1.29, 1.82) is 0 Å². The van der Waals surface area contributed by atoms with Crippen LogP contribution in [-0.2, 0) is 4.74 Å². The van der Waals surface area contributed by atoms with E-state index in [2.05, 4.69) is 44.2 Å². The fourth-order valence-electron chi connectivity index (χ4n) is 3.81. The molecule has 4 rings (SSSR count). The number of nitrogens with zero attached hydrogens (tertiary/aromatic N) is 3. The van der Waals surface area contributed by atoms with Crippen LogP contribution >= 0.6 is 23.8 Å². The Kier molecular flexibility index (Phi) is 5.85. The van der Waals surface area contributed by atoms with Crippen molar-refractivity contribution in [3.63, 3.8) is 0 Å². The molecule has 29 heavy (non-hydrogen) atoms. The van der Waals surface area contributed by atoms with E-state index >= 15 is 0 Å². The molecule has 1 N–H and O–H groups in total. The maximum atomic E-state index is 6.24. The predicted molar refractivity (Wildman–Crippen MR) is 120 cm³/mol. The van der Waals surface area contributed by atoms with E-state index in [1.165, 1.54) is 0 Å². The molecule has 1 saturated heterocycles. The SMILES string of the molecule is COCCN1C(=S)N[C@@H](c2ccccn2)[C@@H]1c1cccn1-c1ccc(Cl)c(C)c1. The van der Waals surface area contributed by atoms with Crippen LogP contribution in [0.15, 0.2) is 60.9 Å². The molecule has 1 aliphatic heterocycles. The number of methoxy groups -OCH3 is 1. The third-order valence-electron chi connectivity index (χ3n) is 5.24. The largest absolute Gasteiger partial charge is 0.383 e. The number of hydrogen-bond acceptors (Lipinski definition) is 3. The second-order valence-corrected chi connectivity index (χ2v) is 7.84. The van der Waals surface area contributed by atoms with Crippen LogP contribution in [0.25, 0.3) is 5.69 Å². The molecule has 0 spiro atoms. The Morgan fingerprint density at radius 1 is 1.21 bits per heavy atom. The highest BCUT2D eigenvalue weighted by Crippen LogP contribution is 2.39. The highest BCUT2D eigenvalue weighted by Gasteiger charge is 2.41. The molecule has 1 aromatic carbocycles. The van der Waals surface area contributed by atoms with Crippen LogP contribution in [0, 0.1) is 6.92 Å². The zero-order valence-corrected chi connectivity index (χ0v) is 18.0. The highest BCUT2D eigenvalue weighted by molar-refractivity contribution is 7.80. The zero-order valence-electron chi connectivity index (χ0n) is 16.4. The summed E-state index contributed by atoms with van der Waals surface area (Å²) in [7, 11) is 1.71. The molecule has 0 amide bonds. The summed E-state index contributed by atoms with van der Waals surface area (Å²) in [6.07, 6.45) is 3.89. The van der Waals surface area contributed by atoms with Gasteiger partial charge in [-0.05, 0) is 67.2 Å². The first-order valence-corrected chi connectivity index (χ1v) is 10.3. The summed E-state index contributed by atoms with van der Waals surface area (Å²) >= 11 is 11.9. The number of benzene rings is 1. The Morgan fingerprint density at radius 2 is 2.07 bits per heavy atom. The lowest BCUT2D eigenvalue weighted by molar-refractivity contribution is 0.163. The van der Waals surface area contributed by atoms with Gasteiger partial charge in [-0.2, -0.15) is 0 Å². The van der Waals surface area contributed by atoms with Crippen molar-refractivity contribution in [2.24, 2.45) is 0 Å². The van der Waals surface area contributed by atoms with Crippen LogP contribution in [0.4, 0.5) is 0 Å². The maximum absolute atomic E-state index is 6.24. The van der Waals surface area contributed by atoms with E-state index < -0.39 is 0 Å². The first-order chi connectivity index (χ1) is 14.1. The summed E-state index contributed by atoms with van der Waals surface area (Å²) in [6, 6.07) is 16.2. The van der Waals surface area contributed by atoms with E-state index in [0.29, 0.717) is 18.3 Å². The first kappa shape index (κ1) is 19.9. The molecule has 3 aromatic rings. The van der Waals surface area contributed by atoms with Gasteiger partial charge < -0.3 is 19.5 Å². The summed E-state index contributed by atoms with van der Waals surface area (Å²) in [6.45, 7) is 3.30. The van der Waals surface area contributed by atoms with Gasteiger partial charge in [0.25, 0.3) is 0 Å². The Bertz CT molecular complexity index is 1010. The van der Waals surface area contributed by atoms with Crippen LogP contribution in [0.2, 0.25) is 5.02 Å². The van der Waals surface area contributed by atoms with Crippen molar-refractivity contribution in [1.82, 2.24) is 19.8 Å². The number of pyridine rings is 1. The van der Waals surface area contributed by atoms with Crippen molar-refractivity contribution in [3.05, 3.63) is 82.9 Å². The average Bonchev–Trinajstić information content (AvgIpc) is 3.33.